The molecule has 1 aromatic carbocycles. The van der Waals surface area contributed by atoms with Crippen molar-refractivity contribution in [3.63, 3.8) is 0 Å². The Morgan fingerprint density at radius 1 is 1.20 bits per heavy atom. The first kappa shape index (κ1) is 14.7. The van der Waals surface area contributed by atoms with Crippen molar-refractivity contribution in [2.75, 3.05) is 13.2 Å². The molecule has 1 atom stereocenters. The average molecular weight is 285 g/mol. The first-order valence-electron chi connectivity index (χ1n) is 6.13. The Bertz CT molecular complexity index is 566. The molecule has 1 N–H and O–H groups in total. The van der Waals surface area contributed by atoms with Crippen LogP contribution in [0.5, 0.6) is 0 Å². The van der Waals surface area contributed by atoms with Crippen LogP contribution in [0.4, 0.5) is 13.2 Å². The lowest BCUT2D eigenvalue weighted by molar-refractivity contribution is -0.175. The quantitative estimate of drug-likeness (QED) is 0.858. The van der Waals surface area contributed by atoms with Crippen molar-refractivity contribution in [2.45, 2.75) is 18.7 Å². The highest BCUT2D eigenvalue weighted by atomic mass is 19.4. The van der Waals surface area contributed by atoms with Gasteiger partial charge in [0.15, 0.2) is 0 Å². The Labute approximate surface area is 114 Å². The SMILES string of the molecule is OC(CCOCC(F)(F)F)c1cccc2ncccc12. The molecule has 1 aromatic heterocycles. The van der Waals surface area contributed by atoms with E-state index in [1.807, 2.05) is 12.1 Å². The maximum atomic E-state index is 11.9. The van der Waals surface area contributed by atoms with Gasteiger partial charge in [-0.15, -0.1) is 0 Å². The predicted octanol–water partition coefficient (Wildman–Crippen LogP) is 3.24. The van der Waals surface area contributed by atoms with Gasteiger partial charge in [-0.05, 0) is 17.7 Å². The van der Waals surface area contributed by atoms with Crippen molar-refractivity contribution in [2.24, 2.45) is 0 Å². The Morgan fingerprint density at radius 2 is 2.00 bits per heavy atom. The van der Waals surface area contributed by atoms with Gasteiger partial charge in [0.25, 0.3) is 0 Å². The van der Waals surface area contributed by atoms with E-state index in [9.17, 15) is 18.3 Å². The fourth-order valence-electron chi connectivity index (χ4n) is 1.96. The topological polar surface area (TPSA) is 42.4 Å². The van der Waals surface area contributed by atoms with Crippen LogP contribution in [-0.4, -0.2) is 29.5 Å². The minimum atomic E-state index is -4.34. The zero-order chi connectivity index (χ0) is 14.6. The summed E-state index contributed by atoms with van der Waals surface area (Å²) in [6.07, 6.45) is -3.47. The van der Waals surface area contributed by atoms with E-state index < -0.39 is 18.9 Å². The van der Waals surface area contributed by atoms with E-state index in [2.05, 4.69) is 9.72 Å². The predicted molar refractivity (Wildman–Crippen MR) is 68.2 cm³/mol. The summed E-state index contributed by atoms with van der Waals surface area (Å²) in [7, 11) is 0. The van der Waals surface area contributed by atoms with Crippen molar-refractivity contribution in [1.82, 2.24) is 4.98 Å². The molecule has 0 aliphatic heterocycles. The van der Waals surface area contributed by atoms with Crippen molar-refractivity contribution in [1.29, 1.82) is 0 Å². The molecule has 0 amide bonds. The van der Waals surface area contributed by atoms with E-state index in [-0.39, 0.29) is 13.0 Å². The molecule has 0 saturated carbocycles. The Morgan fingerprint density at radius 3 is 2.75 bits per heavy atom. The van der Waals surface area contributed by atoms with Gasteiger partial charge >= 0.3 is 6.18 Å². The van der Waals surface area contributed by atoms with Gasteiger partial charge in [0.1, 0.15) is 6.61 Å². The largest absolute Gasteiger partial charge is 0.411 e. The number of nitrogens with zero attached hydrogens (tertiary/aromatic N) is 1. The van der Waals surface area contributed by atoms with Gasteiger partial charge in [-0.2, -0.15) is 13.2 Å². The Balaban J connectivity index is 1.99. The molecular weight excluding hydrogens is 271 g/mol. The van der Waals surface area contributed by atoms with Crippen molar-refractivity contribution >= 4 is 10.9 Å². The smallest absolute Gasteiger partial charge is 0.388 e. The van der Waals surface area contributed by atoms with Crippen LogP contribution < -0.4 is 0 Å². The number of pyridine rings is 1. The third-order valence-corrected chi connectivity index (χ3v) is 2.84. The monoisotopic (exact) mass is 285 g/mol. The third kappa shape index (κ3) is 3.91. The fourth-order valence-corrected chi connectivity index (χ4v) is 1.96. The summed E-state index contributed by atoms with van der Waals surface area (Å²) >= 11 is 0. The summed E-state index contributed by atoms with van der Waals surface area (Å²) in [5.41, 5.74) is 1.38. The number of ether oxygens (including phenoxy) is 1. The molecule has 0 spiro atoms. The highest BCUT2D eigenvalue weighted by Crippen LogP contribution is 2.25. The number of rotatable bonds is 5. The number of alkyl halides is 3. The van der Waals surface area contributed by atoms with E-state index in [1.54, 1.807) is 24.4 Å². The molecule has 1 heterocycles. The molecule has 0 aliphatic rings. The van der Waals surface area contributed by atoms with Crippen LogP contribution in [0.2, 0.25) is 0 Å². The number of hydrogen-bond donors (Lipinski definition) is 1. The molecule has 6 heteroatoms. The molecule has 1 unspecified atom stereocenters. The first-order valence-corrected chi connectivity index (χ1v) is 6.13. The maximum Gasteiger partial charge on any atom is 0.411 e. The van der Waals surface area contributed by atoms with Crippen molar-refractivity contribution in [3.05, 3.63) is 42.1 Å². The number of aliphatic hydroxyl groups excluding tert-OH is 1. The van der Waals surface area contributed by atoms with Crippen LogP contribution in [0.3, 0.4) is 0 Å². The van der Waals surface area contributed by atoms with Gasteiger partial charge in [0, 0.05) is 24.6 Å². The van der Waals surface area contributed by atoms with Crippen LogP contribution in [0, 0.1) is 0 Å². The molecule has 0 aliphatic carbocycles. The van der Waals surface area contributed by atoms with E-state index in [4.69, 9.17) is 0 Å². The molecule has 108 valence electrons. The van der Waals surface area contributed by atoms with Crippen LogP contribution in [0.15, 0.2) is 36.5 Å². The van der Waals surface area contributed by atoms with Gasteiger partial charge in [-0.1, -0.05) is 18.2 Å². The molecule has 3 nitrogen and oxygen atoms in total. The van der Waals surface area contributed by atoms with Gasteiger partial charge in [-0.25, -0.2) is 0 Å². The second kappa shape index (κ2) is 6.19. The van der Waals surface area contributed by atoms with Gasteiger partial charge in [-0.3, -0.25) is 4.98 Å². The molecule has 0 saturated heterocycles. The van der Waals surface area contributed by atoms with Gasteiger partial charge < -0.3 is 9.84 Å². The third-order valence-electron chi connectivity index (χ3n) is 2.84. The molecule has 0 radical (unpaired) electrons. The fraction of sp³-hybridized carbons (Fsp3) is 0.357. The Kier molecular flexibility index (Phi) is 4.57. The summed E-state index contributed by atoms with van der Waals surface area (Å²) in [5.74, 6) is 0. The number of fused-ring (bicyclic) bond motifs is 1. The lowest BCUT2D eigenvalue weighted by atomic mass is 10.0. The second-order valence-electron chi connectivity index (χ2n) is 4.39. The molecular formula is C14H14F3NO2. The normalized spacial score (nSPS) is 13.6. The average Bonchev–Trinajstić information content (AvgIpc) is 2.41. The zero-order valence-corrected chi connectivity index (χ0v) is 10.6. The highest BCUT2D eigenvalue weighted by molar-refractivity contribution is 5.82. The summed E-state index contributed by atoms with van der Waals surface area (Å²) in [4.78, 5) is 4.16. The number of hydrogen-bond acceptors (Lipinski definition) is 3. The number of benzene rings is 1. The lowest BCUT2D eigenvalue weighted by Gasteiger charge is -2.14. The standard InChI is InChI=1S/C14H14F3NO2/c15-14(16,17)9-20-8-6-13(19)11-3-1-5-12-10(11)4-2-7-18-12/h1-5,7,13,19H,6,8-9H2. The van der Waals surface area contributed by atoms with Crippen LogP contribution in [0.25, 0.3) is 10.9 Å². The Hall–Kier alpha value is -1.66. The molecule has 0 bridgehead atoms. The number of aromatic nitrogens is 1. The minimum absolute atomic E-state index is 0.101. The van der Waals surface area contributed by atoms with E-state index >= 15 is 0 Å². The minimum Gasteiger partial charge on any atom is -0.388 e. The molecule has 20 heavy (non-hydrogen) atoms. The van der Waals surface area contributed by atoms with E-state index in [0.29, 0.717) is 5.56 Å². The van der Waals surface area contributed by atoms with Gasteiger partial charge in [0.05, 0.1) is 11.6 Å². The van der Waals surface area contributed by atoms with Crippen molar-refractivity contribution in [3.8, 4) is 0 Å². The summed E-state index contributed by atoms with van der Waals surface area (Å²) in [5, 5.41) is 10.8. The van der Waals surface area contributed by atoms with Crippen LogP contribution in [-0.2, 0) is 4.74 Å². The summed E-state index contributed by atoms with van der Waals surface area (Å²) in [6.45, 7) is -1.45. The van der Waals surface area contributed by atoms with E-state index in [1.165, 1.54) is 0 Å². The van der Waals surface area contributed by atoms with Crippen molar-refractivity contribution < 1.29 is 23.0 Å². The molecule has 2 rings (SSSR count). The molecule has 0 fully saturated rings. The van der Waals surface area contributed by atoms with Crippen LogP contribution >= 0.6 is 0 Å². The summed E-state index contributed by atoms with van der Waals surface area (Å²) < 4.78 is 40.2. The number of halogens is 3. The maximum absolute atomic E-state index is 11.9. The number of aliphatic hydroxyl groups is 1. The first-order chi connectivity index (χ1) is 9.47. The highest BCUT2D eigenvalue weighted by Gasteiger charge is 2.27. The lowest BCUT2D eigenvalue weighted by Crippen LogP contribution is -2.18. The second-order valence-corrected chi connectivity index (χ2v) is 4.39. The van der Waals surface area contributed by atoms with Gasteiger partial charge in [0.2, 0.25) is 0 Å². The zero-order valence-electron chi connectivity index (χ0n) is 10.6. The van der Waals surface area contributed by atoms with E-state index in [0.717, 1.165) is 10.9 Å². The summed E-state index contributed by atoms with van der Waals surface area (Å²) in [6, 6.07) is 8.87. The van der Waals surface area contributed by atoms with Crippen LogP contribution in [0.1, 0.15) is 18.1 Å². The molecule has 2 aromatic rings.